The zero-order valence-electron chi connectivity index (χ0n) is 10.2. The minimum atomic E-state index is 0.979. The van der Waals surface area contributed by atoms with Gasteiger partial charge in [0.1, 0.15) is 0 Å². The highest BCUT2D eigenvalue weighted by Crippen LogP contribution is 2.01. The molecular formula is C15H21N. The summed E-state index contributed by atoms with van der Waals surface area (Å²) in [6.07, 6.45) is 7.59. The first-order chi connectivity index (χ1) is 7.83. The molecule has 0 spiro atoms. The van der Waals surface area contributed by atoms with Gasteiger partial charge in [0.2, 0.25) is 0 Å². The Morgan fingerprint density at radius 3 is 2.69 bits per heavy atom. The van der Waals surface area contributed by atoms with Gasteiger partial charge >= 0.3 is 0 Å². The summed E-state index contributed by atoms with van der Waals surface area (Å²) < 4.78 is 0. The van der Waals surface area contributed by atoms with Gasteiger partial charge in [-0.25, -0.2) is 0 Å². The van der Waals surface area contributed by atoms with E-state index in [1.807, 2.05) is 6.07 Å². The highest BCUT2D eigenvalue weighted by atomic mass is 14.8. The lowest BCUT2D eigenvalue weighted by Gasteiger charge is -2.01. The van der Waals surface area contributed by atoms with E-state index in [0.29, 0.717) is 0 Å². The fourth-order valence-electron chi connectivity index (χ4n) is 1.41. The fraction of sp³-hybridized carbons (Fsp3) is 0.333. The molecule has 0 saturated carbocycles. The molecule has 1 N–H and O–H groups in total. The van der Waals surface area contributed by atoms with Gasteiger partial charge in [-0.15, -0.1) is 0 Å². The van der Waals surface area contributed by atoms with Crippen molar-refractivity contribution in [3.05, 3.63) is 53.6 Å². The van der Waals surface area contributed by atoms with Crippen LogP contribution in [0.1, 0.15) is 25.8 Å². The molecular weight excluding hydrogens is 194 g/mol. The quantitative estimate of drug-likeness (QED) is 0.564. The maximum absolute atomic E-state index is 3.38. The minimum absolute atomic E-state index is 0.979. The molecule has 0 aliphatic carbocycles. The molecule has 0 heterocycles. The molecule has 1 aromatic rings. The third kappa shape index (κ3) is 5.52. The number of hydrogen-bond donors (Lipinski definition) is 1. The van der Waals surface area contributed by atoms with Gasteiger partial charge in [0.05, 0.1) is 0 Å². The maximum atomic E-state index is 3.38. The van der Waals surface area contributed by atoms with Crippen LogP contribution in [0.15, 0.2) is 48.1 Å². The van der Waals surface area contributed by atoms with Gasteiger partial charge in [-0.05, 0) is 25.5 Å². The topological polar surface area (TPSA) is 12.0 Å². The van der Waals surface area contributed by atoms with Crippen molar-refractivity contribution in [1.29, 1.82) is 0 Å². The normalized spacial score (nSPS) is 12.2. The number of hydrogen-bond acceptors (Lipinski definition) is 1. The van der Waals surface area contributed by atoms with Crippen LogP contribution in [0, 0.1) is 0 Å². The van der Waals surface area contributed by atoms with Gasteiger partial charge in [-0.1, -0.05) is 61.1 Å². The van der Waals surface area contributed by atoms with Crippen molar-refractivity contribution in [3.8, 4) is 0 Å². The zero-order valence-corrected chi connectivity index (χ0v) is 10.2. The molecule has 0 bridgehead atoms. The lowest BCUT2D eigenvalue weighted by Crippen LogP contribution is -2.16. The van der Waals surface area contributed by atoms with E-state index in [9.17, 15) is 0 Å². The predicted octanol–water partition coefficient (Wildman–Crippen LogP) is 3.65. The summed E-state index contributed by atoms with van der Waals surface area (Å²) in [6, 6.07) is 10.4. The molecule has 16 heavy (non-hydrogen) atoms. The average Bonchev–Trinajstić information content (AvgIpc) is 2.31. The molecule has 0 aliphatic heterocycles. The fourth-order valence-corrected chi connectivity index (χ4v) is 1.41. The van der Waals surface area contributed by atoms with Crippen molar-refractivity contribution in [2.24, 2.45) is 0 Å². The Morgan fingerprint density at radius 1 is 1.25 bits per heavy atom. The van der Waals surface area contributed by atoms with Gasteiger partial charge in [0.25, 0.3) is 0 Å². The first-order valence-electron chi connectivity index (χ1n) is 5.92. The van der Waals surface area contributed by atoms with Crippen LogP contribution in [0.4, 0.5) is 0 Å². The van der Waals surface area contributed by atoms with Crippen LogP contribution in [-0.4, -0.2) is 13.1 Å². The minimum Gasteiger partial charge on any atom is -0.313 e. The molecule has 1 nitrogen and oxygen atoms in total. The Labute approximate surface area is 98.9 Å². The third-order valence-electron chi connectivity index (χ3n) is 2.30. The molecule has 0 amide bonds. The maximum Gasteiger partial charge on any atom is 0.0164 e. The van der Waals surface area contributed by atoms with E-state index < -0.39 is 0 Å². The molecule has 0 aliphatic rings. The van der Waals surface area contributed by atoms with Crippen molar-refractivity contribution in [1.82, 2.24) is 5.32 Å². The second-order valence-electron chi connectivity index (χ2n) is 3.96. The van der Waals surface area contributed by atoms with Gasteiger partial charge in [0.15, 0.2) is 0 Å². The van der Waals surface area contributed by atoms with Crippen molar-refractivity contribution in [2.45, 2.75) is 20.3 Å². The predicted molar refractivity (Wildman–Crippen MR) is 72.4 cm³/mol. The van der Waals surface area contributed by atoms with Crippen molar-refractivity contribution >= 4 is 6.08 Å². The Balaban J connectivity index is 2.37. The van der Waals surface area contributed by atoms with Crippen LogP contribution in [0.5, 0.6) is 0 Å². The molecule has 1 rings (SSSR count). The summed E-state index contributed by atoms with van der Waals surface area (Å²) in [7, 11) is 0. The highest BCUT2D eigenvalue weighted by Gasteiger charge is 1.86. The first-order valence-corrected chi connectivity index (χ1v) is 5.92. The second kappa shape index (κ2) is 7.89. The second-order valence-corrected chi connectivity index (χ2v) is 3.96. The Hall–Kier alpha value is -1.34. The van der Waals surface area contributed by atoms with E-state index in [2.05, 4.69) is 61.7 Å². The molecule has 0 aromatic heterocycles. The van der Waals surface area contributed by atoms with E-state index in [-0.39, 0.29) is 0 Å². The molecule has 1 aromatic carbocycles. The molecule has 0 saturated heterocycles. The molecule has 1 heteroatoms. The Bertz CT molecular complexity index is 336. The van der Waals surface area contributed by atoms with Crippen LogP contribution in [0.3, 0.4) is 0 Å². The van der Waals surface area contributed by atoms with Crippen LogP contribution >= 0.6 is 0 Å². The molecule has 0 atom stereocenters. The summed E-state index contributed by atoms with van der Waals surface area (Å²) in [5, 5.41) is 3.38. The van der Waals surface area contributed by atoms with Gasteiger partial charge in [-0.3, -0.25) is 0 Å². The van der Waals surface area contributed by atoms with Crippen LogP contribution in [0.25, 0.3) is 6.08 Å². The third-order valence-corrected chi connectivity index (χ3v) is 2.30. The van der Waals surface area contributed by atoms with Crippen LogP contribution in [-0.2, 0) is 0 Å². The number of rotatable bonds is 6. The number of nitrogens with one attached hydrogen (secondary N) is 1. The highest BCUT2D eigenvalue weighted by molar-refractivity contribution is 5.50. The summed E-state index contributed by atoms with van der Waals surface area (Å²) in [5.41, 5.74) is 2.61. The van der Waals surface area contributed by atoms with E-state index in [0.717, 1.165) is 13.1 Å². The lowest BCUT2D eigenvalue weighted by molar-refractivity contribution is 0.714. The largest absolute Gasteiger partial charge is 0.313 e. The monoisotopic (exact) mass is 215 g/mol. The number of allylic oxidation sites excluding steroid dienone is 2. The van der Waals surface area contributed by atoms with Crippen LogP contribution in [0.2, 0.25) is 0 Å². The summed E-state index contributed by atoms with van der Waals surface area (Å²) in [5.74, 6) is 0. The van der Waals surface area contributed by atoms with E-state index in [1.54, 1.807) is 0 Å². The standard InChI is InChI=1S/C15H21N/c1-3-12-16-13-14(2)8-7-11-15-9-5-4-6-10-15/h4-11,16H,3,12-13H2,1-2H3. The SMILES string of the molecule is CCCNCC(C)=CC=Cc1ccccc1. The lowest BCUT2D eigenvalue weighted by atomic mass is 10.2. The van der Waals surface area contributed by atoms with Crippen molar-refractivity contribution < 1.29 is 0 Å². The number of benzene rings is 1. The van der Waals surface area contributed by atoms with E-state index in [1.165, 1.54) is 17.6 Å². The van der Waals surface area contributed by atoms with Gasteiger partial charge in [-0.2, -0.15) is 0 Å². The Kier molecular flexibility index (Phi) is 6.28. The zero-order chi connectivity index (χ0) is 11.6. The summed E-state index contributed by atoms with van der Waals surface area (Å²) >= 11 is 0. The molecule has 0 unspecified atom stereocenters. The molecule has 0 fully saturated rings. The van der Waals surface area contributed by atoms with Crippen LogP contribution < -0.4 is 5.32 Å². The van der Waals surface area contributed by atoms with Gasteiger partial charge in [0, 0.05) is 6.54 Å². The van der Waals surface area contributed by atoms with Gasteiger partial charge < -0.3 is 5.32 Å². The van der Waals surface area contributed by atoms with Crippen molar-refractivity contribution in [3.63, 3.8) is 0 Å². The molecule has 0 radical (unpaired) electrons. The Morgan fingerprint density at radius 2 is 2.00 bits per heavy atom. The smallest absolute Gasteiger partial charge is 0.0164 e. The van der Waals surface area contributed by atoms with E-state index >= 15 is 0 Å². The molecule has 86 valence electrons. The van der Waals surface area contributed by atoms with Crippen molar-refractivity contribution in [2.75, 3.05) is 13.1 Å². The summed E-state index contributed by atoms with van der Waals surface area (Å²) in [6.45, 7) is 6.40. The average molecular weight is 215 g/mol. The first kappa shape index (κ1) is 12.7. The summed E-state index contributed by atoms with van der Waals surface area (Å²) in [4.78, 5) is 0. The van der Waals surface area contributed by atoms with E-state index in [4.69, 9.17) is 0 Å².